The Bertz CT molecular complexity index is 702. The predicted molar refractivity (Wildman–Crippen MR) is 85.4 cm³/mol. The Kier molecular flexibility index (Phi) is 5.09. The number of carbonyl (C=O) groups is 1. The van der Waals surface area contributed by atoms with Crippen molar-refractivity contribution >= 4 is 12.0 Å². The highest BCUT2D eigenvalue weighted by molar-refractivity contribution is 5.91. The third-order valence-electron chi connectivity index (χ3n) is 3.50. The Balaban J connectivity index is 1.87. The zero-order valence-corrected chi connectivity index (χ0v) is 13.4. The molecule has 0 atom stereocenters. The molecule has 1 amide bonds. The summed E-state index contributed by atoms with van der Waals surface area (Å²) in [7, 11) is 0. The van der Waals surface area contributed by atoms with Gasteiger partial charge >= 0.3 is 0 Å². The molecule has 1 N–H and O–H groups in total. The van der Waals surface area contributed by atoms with Crippen molar-refractivity contribution in [2.75, 3.05) is 6.54 Å². The summed E-state index contributed by atoms with van der Waals surface area (Å²) >= 11 is 0. The molecule has 0 fully saturated rings. The Morgan fingerprint density at radius 3 is 2.59 bits per heavy atom. The lowest BCUT2D eigenvalue weighted by atomic mass is 10.0. The summed E-state index contributed by atoms with van der Waals surface area (Å²) in [6.07, 6.45) is 3.92. The maximum Gasteiger partial charge on any atom is 0.244 e. The summed E-state index contributed by atoms with van der Waals surface area (Å²) < 4.78 is 4.99. The molecule has 5 nitrogen and oxygen atoms in total. The van der Waals surface area contributed by atoms with Crippen LogP contribution in [0.5, 0.6) is 0 Å². The van der Waals surface area contributed by atoms with Gasteiger partial charge in [-0.25, -0.2) is 0 Å². The topological polar surface area (TPSA) is 68.0 Å². The van der Waals surface area contributed by atoms with Gasteiger partial charge in [0, 0.05) is 19.0 Å². The monoisotopic (exact) mass is 299 g/mol. The maximum atomic E-state index is 11.8. The van der Waals surface area contributed by atoms with E-state index in [0.717, 1.165) is 11.1 Å². The smallest absolute Gasteiger partial charge is 0.244 e. The van der Waals surface area contributed by atoms with Crippen molar-refractivity contribution in [2.45, 2.75) is 34.1 Å². The molecule has 0 spiro atoms. The minimum Gasteiger partial charge on any atom is -0.352 e. The lowest BCUT2D eigenvalue weighted by Crippen LogP contribution is -2.23. The first-order valence-electron chi connectivity index (χ1n) is 7.28. The van der Waals surface area contributed by atoms with Crippen LogP contribution in [0.15, 0.2) is 22.7 Å². The number of amides is 1. The second kappa shape index (κ2) is 7.02. The first-order valence-corrected chi connectivity index (χ1v) is 7.28. The van der Waals surface area contributed by atoms with E-state index in [1.807, 2.05) is 13.0 Å². The fraction of sp³-hybridized carbons (Fsp3) is 0.353. The van der Waals surface area contributed by atoms with E-state index < -0.39 is 0 Å². The third-order valence-corrected chi connectivity index (χ3v) is 3.50. The molecule has 0 saturated carbocycles. The largest absolute Gasteiger partial charge is 0.352 e. The lowest BCUT2D eigenvalue weighted by molar-refractivity contribution is -0.116. The third kappa shape index (κ3) is 4.28. The Labute approximate surface area is 130 Å². The summed E-state index contributed by atoms with van der Waals surface area (Å²) in [5.41, 5.74) is 4.70. The summed E-state index contributed by atoms with van der Waals surface area (Å²) in [5, 5.41) is 6.51. The van der Waals surface area contributed by atoms with Gasteiger partial charge < -0.3 is 9.84 Å². The summed E-state index contributed by atoms with van der Waals surface area (Å²) in [5.74, 6) is 1.01. The van der Waals surface area contributed by atoms with Gasteiger partial charge in [0.05, 0.1) is 0 Å². The van der Waals surface area contributed by atoms with Crippen molar-refractivity contribution in [1.29, 1.82) is 0 Å². The number of rotatable bonds is 5. The zero-order valence-electron chi connectivity index (χ0n) is 13.4. The molecule has 2 rings (SSSR count). The highest BCUT2D eigenvalue weighted by Crippen LogP contribution is 2.16. The van der Waals surface area contributed by atoms with E-state index in [1.54, 1.807) is 13.0 Å². The Morgan fingerprint density at radius 2 is 1.91 bits per heavy atom. The molecule has 0 radical (unpaired) electrons. The molecular weight excluding hydrogens is 278 g/mol. The van der Waals surface area contributed by atoms with Crippen molar-refractivity contribution in [2.24, 2.45) is 0 Å². The second-order valence-electron chi connectivity index (χ2n) is 5.40. The maximum absolute atomic E-state index is 11.8. The number of nitrogens with one attached hydrogen (secondary N) is 1. The van der Waals surface area contributed by atoms with Crippen molar-refractivity contribution in [3.63, 3.8) is 0 Å². The fourth-order valence-corrected chi connectivity index (χ4v) is 2.12. The Morgan fingerprint density at radius 1 is 1.18 bits per heavy atom. The molecule has 0 aliphatic rings. The number of benzene rings is 1. The van der Waals surface area contributed by atoms with Crippen LogP contribution < -0.4 is 5.32 Å². The summed E-state index contributed by atoms with van der Waals surface area (Å²) in [6.45, 7) is 8.43. The molecule has 1 aromatic carbocycles. The number of aryl methyl sites for hydroxylation is 4. The van der Waals surface area contributed by atoms with Gasteiger partial charge in [-0.2, -0.15) is 4.98 Å². The van der Waals surface area contributed by atoms with Crippen LogP contribution in [0.2, 0.25) is 0 Å². The molecule has 22 heavy (non-hydrogen) atoms. The van der Waals surface area contributed by atoms with Crippen molar-refractivity contribution in [3.8, 4) is 0 Å². The van der Waals surface area contributed by atoms with Crippen LogP contribution in [0.25, 0.3) is 6.08 Å². The van der Waals surface area contributed by atoms with Gasteiger partial charge in [0.2, 0.25) is 11.8 Å². The van der Waals surface area contributed by atoms with E-state index >= 15 is 0 Å². The van der Waals surface area contributed by atoms with Crippen molar-refractivity contribution < 1.29 is 9.32 Å². The molecular formula is C17H21N3O2. The van der Waals surface area contributed by atoms with Crippen LogP contribution >= 0.6 is 0 Å². The summed E-state index contributed by atoms with van der Waals surface area (Å²) in [4.78, 5) is 15.9. The minimum absolute atomic E-state index is 0.131. The molecule has 2 aromatic rings. The van der Waals surface area contributed by atoms with Crippen LogP contribution in [0.3, 0.4) is 0 Å². The van der Waals surface area contributed by atoms with Crippen molar-refractivity contribution in [1.82, 2.24) is 15.5 Å². The van der Waals surface area contributed by atoms with Gasteiger partial charge in [-0.05, 0) is 56.0 Å². The first-order chi connectivity index (χ1) is 10.5. The standard InChI is InChI=1S/C17H21N3O2/c1-11-9-13(3)15(10-12(11)2)5-6-16(21)18-8-7-17-19-14(4)20-22-17/h5-6,9-10H,7-8H2,1-4H3,(H,18,21). The number of carbonyl (C=O) groups excluding carboxylic acids is 1. The number of nitrogens with zero attached hydrogens (tertiary/aromatic N) is 2. The van der Waals surface area contributed by atoms with Gasteiger partial charge in [-0.3, -0.25) is 4.79 Å². The van der Waals surface area contributed by atoms with Crippen LogP contribution in [-0.4, -0.2) is 22.6 Å². The van der Waals surface area contributed by atoms with Gasteiger partial charge in [0.15, 0.2) is 5.82 Å². The van der Waals surface area contributed by atoms with E-state index in [0.29, 0.717) is 24.7 Å². The summed E-state index contributed by atoms with van der Waals surface area (Å²) in [6, 6.07) is 4.22. The van der Waals surface area contributed by atoms with Crippen LogP contribution in [0.4, 0.5) is 0 Å². The highest BCUT2D eigenvalue weighted by atomic mass is 16.5. The second-order valence-corrected chi connectivity index (χ2v) is 5.40. The SMILES string of the molecule is Cc1noc(CCNC(=O)C=Cc2cc(C)c(C)cc2C)n1. The first kappa shape index (κ1) is 15.9. The predicted octanol–water partition coefficient (Wildman–Crippen LogP) is 2.68. The van der Waals surface area contributed by atoms with Crippen LogP contribution in [-0.2, 0) is 11.2 Å². The average molecular weight is 299 g/mol. The van der Waals surface area contributed by atoms with Gasteiger partial charge in [0.25, 0.3) is 0 Å². The van der Waals surface area contributed by atoms with Gasteiger partial charge in [-0.1, -0.05) is 17.3 Å². The van der Waals surface area contributed by atoms with E-state index in [2.05, 4.69) is 41.4 Å². The fourth-order valence-electron chi connectivity index (χ4n) is 2.12. The number of hydrogen-bond donors (Lipinski definition) is 1. The highest BCUT2D eigenvalue weighted by Gasteiger charge is 2.03. The number of aromatic nitrogens is 2. The quantitative estimate of drug-likeness (QED) is 0.862. The molecule has 1 heterocycles. The molecule has 0 aliphatic carbocycles. The number of hydrogen-bond acceptors (Lipinski definition) is 4. The van der Waals surface area contributed by atoms with Gasteiger partial charge in [0.1, 0.15) is 0 Å². The minimum atomic E-state index is -0.131. The van der Waals surface area contributed by atoms with E-state index in [4.69, 9.17) is 4.52 Å². The van der Waals surface area contributed by atoms with E-state index in [9.17, 15) is 4.79 Å². The Hall–Kier alpha value is -2.43. The molecule has 0 bridgehead atoms. The average Bonchev–Trinajstić information content (AvgIpc) is 2.87. The van der Waals surface area contributed by atoms with E-state index in [-0.39, 0.29) is 5.91 Å². The normalized spacial score (nSPS) is 11.1. The molecule has 0 saturated heterocycles. The molecule has 116 valence electrons. The van der Waals surface area contributed by atoms with Crippen LogP contribution in [0.1, 0.15) is 34.0 Å². The van der Waals surface area contributed by atoms with Crippen LogP contribution in [0, 0.1) is 27.7 Å². The molecule has 0 aliphatic heterocycles. The molecule has 5 heteroatoms. The van der Waals surface area contributed by atoms with E-state index in [1.165, 1.54) is 11.1 Å². The van der Waals surface area contributed by atoms with Crippen molar-refractivity contribution in [3.05, 3.63) is 52.2 Å². The van der Waals surface area contributed by atoms with Gasteiger partial charge in [-0.15, -0.1) is 0 Å². The zero-order chi connectivity index (χ0) is 16.1. The lowest BCUT2D eigenvalue weighted by Gasteiger charge is -2.06. The molecule has 1 aromatic heterocycles. The molecule has 0 unspecified atom stereocenters.